The normalized spacial score (nSPS) is 17.9. The van der Waals surface area contributed by atoms with Crippen molar-refractivity contribution in [2.75, 3.05) is 18.0 Å². The minimum absolute atomic E-state index is 0. The summed E-state index contributed by atoms with van der Waals surface area (Å²) in [6.07, 6.45) is -1.59. The Bertz CT molecular complexity index is 1080. The van der Waals surface area contributed by atoms with Crippen LogP contribution in [0.3, 0.4) is 0 Å². The van der Waals surface area contributed by atoms with Crippen molar-refractivity contribution < 1.29 is 23.0 Å². The molecule has 0 unspecified atom stereocenters. The fourth-order valence-corrected chi connectivity index (χ4v) is 4.60. The molecule has 31 heavy (non-hydrogen) atoms. The molecule has 2 aliphatic rings. The molecule has 1 spiro atoms. The first-order valence-electron chi connectivity index (χ1n) is 9.63. The molecule has 1 aromatic carbocycles. The Morgan fingerprint density at radius 3 is 2.42 bits per heavy atom. The molecule has 2 aromatic heterocycles. The molecule has 1 aliphatic heterocycles. The van der Waals surface area contributed by atoms with Crippen LogP contribution in [0.2, 0.25) is 0 Å². The van der Waals surface area contributed by atoms with Crippen LogP contribution in [0.4, 0.5) is 18.9 Å². The lowest BCUT2D eigenvalue weighted by atomic mass is 9.62. The van der Waals surface area contributed by atoms with Gasteiger partial charge in [0.05, 0.1) is 28.6 Å². The molecule has 3 heterocycles. The molecule has 11 heteroatoms. The average molecular weight is 436 g/mol. The summed E-state index contributed by atoms with van der Waals surface area (Å²) in [5, 5.41) is 15.0. The number of aromatic nitrogens is 3. The third-order valence-corrected chi connectivity index (χ3v) is 5.86. The average Bonchev–Trinajstić information content (AvgIpc) is 3.02. The number of anilines is 1. The van der Waals surface area contributed by atoms with E-state index in [1.807, 2.05) is 6.07 Å². The fourth-order valence-electron chi connectivity index (χ4n) is 4.60. The van der Waals surface area contributed by atoms with Crippen LogP contribution in [0.5, 0.6) is 5.75 Å². The first kappa shape index (κ1) is 21.3. The van der Waals surface area contributed by atoms with Crippen molar-refractivity contribution in [2.24, 2.45) is 11.1 Å². The van der Waals surface area contributed by atoms with Crippen LogP contribution in [0, 0.1) is 5.41 Å². The van der Waals surface area contributed by atoms with Crippen molar-refractivity contribution in [3.8, 4) is 11.4 Å². The summed E-state index contributed by atoms with van der Waals surface area (Å²) in [5.74, 6) is -0.302. The number of ether oxygens (including phenoxy) is 1. The van der Waals surface area contributed by atoms with Gasteiger partial charge in [-0.15, -0.1) is 13.2 Å². The number of nitrogens with two attached hydrogens (primary N) is 1. The van der Waals surface area contributed by atoms with Crippen LogP contribution >= 0.6 is 0 Å². The molecule has 2 fully saturated rings. The van der Waals surface area contributed by atoms with Gasteiger partial charge in [0.15, 0.2) is 5.65 Å². The van der Waals surface area contributed by atoms with Crippen LogP contribution in [-0.2, 0) is 6.54 Å². The van der Waals surface area contributed by atoms with Crippen LogP contribution in [0.1, 0.15) is 18.5 Å². The summed E-state index contributed by atoms with van der Waals surface area (Å²) in [4.78, 5) is 6.70. The predicted molar refractivity (Wildman–Crippen MR) is 108 cm³/mol. The highest BCUT2D eigenvalue weighted by Gasteiger charge is 2.52. The highest BCUT2D eigenvalue weighted by Crippen LogP contribution is 2.50. The summed E-state index contributed by atoms with van der Waals surface area (Å²) in [6, 6.07) is 7.40. The van der Waals surface area contributed by atoms with Crippen LogP contribution in [-0.4, -0.2) is 45.4 Å². The summed E-state index contributed by atoms with van der Waals surface area (Å²) < 4.78 is 42.7. The van der Waals surface area contributed by atoms with Gasteiger partial charge in [-0.3, -0.25) is 0 Å². The number of aliphatic hydroxyl groups excluding tert-OH is 1. The number of pyridine rings is 1. The van der Waals surface area contributed by atoms with E-state index in [9.17, 15) is 18.3 Å². The second-order valence-corrected chi connectivity index (χ2v) is 8.05. The first-order valence-corrected chi connectivity index (χ1v) is 9.63. The van der Waals surface area contributed by atoms with E-state index in [1.165, 1.54) is 24.3 Å². The predicted octanol–water partition coefficient (Wildman–Crippen LogP) is 2.90. The zero-order valence-corrected chi connectivity index (χ0v) is 16.6. The number of benzene rings is 1. The van der Waals surface area contributed by atoms with Gasteiger partial charge in [-0.05, 0) is 43.2 Å². The highest BCUT2D eigenvalue weighted by molar-refractivity contribution is 5.93. The summed E-state index contributed by atoms with van der Waals surface area (Å²) in [6.45, 7) is 1.93. The number of rotatable bonds is 4. The molecule has 6 N–H and O–H groups in total. The van der Waals surface area contributed by atoms with Gasteiger partial charge in [-0.2, -0.15) is 5.10 Å². The maximum absolute atomic E-state index is 12.4. The third kappa shape index (κ3) is 3.68. The maximum Gasteiger partial charge on any atom is 0.573 e. The lowest BCUT2D eigenvalue weighted by molar-refractivity contribution is -0.274. The Balaban J connectivity index is 0.00000231. The van der Waals surface area contributed by atoms with Crippen LogP contribution < -0.4 is 21.5 Å². The van der Waals surface area contributed by atoms with Crippen LogP contribution in [0.25, 0.3) is 16.7 Å². The molecular weight excluding hydrogens is 413 g/mol. The van der Waals surface area contributed by atoms with Gasteiger partial charge in [0.2, 0.25) is 0 Å². The van der Waals surface area contributed by atoms with Crippen molar-refractivity contribution in [1.29, 1.82) is 0 Å². The minimum Gasteiger partial charge on any atom is -0.406 e. The SMILES string of the molecule is N.NCc1nn(-c2ccc(OC(F)(F)F)cc2)c2nccc(N3CC4(CC(O)C4)C3)c12. The van der Waals surface area contributed by atoms with Gasteiger partial charge in [0, 0.05) is 31.2 Å². The topological polar surface area (TPSA) is 124 Å². The summed E-state index contributed by atoms with van der Waals surface area (Å²) >= 11 is 0. The monoisotopic (exact) mass is 436 g/mol. The van der Waals surface area contributed by atoms with Crippen molar-refractivity contribution in [3.05, 3.63) is 42.2 Å². The van der Waals surface area contributed by atoms with Gasteiger partial charge in [-0.25, -0.2) is 9.67 Å². The second-order valence-electron chi connectivity index (χ2n) is 8.05. The maximum atomic E-state index is 12.4. The van der Waals surface area contributed by atoms with E-state index in [4.69, 9.17) is 5.73 Å². The van der Waals surface area contributed by atoms with E-state index in [1.54, 1.807) is 10.9 Å². The standard InChI is InChI=1S/C20H20F3N5O2.H3N/c21-20(22,23)30-14-3-1-12(2-4-14)28-18-17(15(9-24)26-28)16(5-6-25-18)27-10-19(11-27)7-13(29)8-19;/h1-6,13,29H,7-11,24H2;1H3. The first-order chi connectivity index (χ1) is 14.3. The number of hydrogen-bond donors (Lipinski definition) is 3. The van der Waals surface area contributed by atoms with Gasteiger partial charge >= 0.3 is 6.36 Å². The minimum atomic E-state index is -4.74. The Morgan fingerprint density at radius 2 is 1.84 bits per heavy atom. The smallest absolute Gasteiger partial charge is 0.406 e. The number of alkyl halides is 3. The van der Waals surface area contributed by atoms with Crippen molar-refractivity contribution in [3.63, 3.8) is 0 Å². The largest absolute Gasteiger partial charge is 0.573 e. The Kier molecular flexibility index (Phi) is 5.07. The lowest BCUT2D eigenvalue weighted by Gasteiger charge is -2.58. The van der Waals surface area contributed by atoms with Crippen molar-refractivity contribution >= 4 is 16.7 Å². The summed E-state index contributed by atoms with van der Waals surface area (Å²) in [5.41, 5.74) is 8.93. The van der Waals surface area contributed by atoms with Gasteiger partial charge < -0.3 is 26.6 Å². The molecule has 0 atom stereocenters. The van der Waals surface area contributed by atoms with Gasteiger partial charge in [-0.1, -0.05) is 0 Å². The molecule has 8 nitrogen and oxygen atoms in total. The van der Waals surface area contributed by atoms with E-state index in [0.717, 1.165) is 37.0 Å². The van der Waals surface area contributed by atoms with Crippen LogP contribution in [0.15, 0.2) is 36.5 Å². The number of fused-ring (bicyclic) bond motifs is 1. The molecule has 166 valence electrons. The van der Waals surface area contributed by atoms with Crippen molar-refractivity contribution in [2.45, 2.75) is 31.9 Å². The highest BCUT2D eigenvalue weighted by atomic mass is 19.4. The molecule has 5 rings (SSSR count). The number of nitrogens with zero attached hydrogens (tertiary/aromatic N) is 4. The molecular formula is C20H23F3N6O2. The van der Waals surface area contributed by atoms with E-state index in [0.29, 0.717) is 17.0 Å². The molecule has 3 aromatic rings. The number of hydrogen-bond acceptors (Lipinski definition) is 7. The number of halogens is 3. The van der Waals surface area contributed by atoms with Crippen molar-refractivity contribution in [1.82, 2.24) is 20.9 Å². The Hall–Kier alpha value is -2.89. The van der Waals surface area contributed by atoms with E-state index in [-0.39, 0.29) is 30.0 Å². The third-order valence-electron chi connectivity index (χ3n) is 5.86. The van der Waals surface area contributed by atoms with E-state index >= 15 is 0 Å². The molecule has 1 saturated carbocycles. The van der Waals surface area contributed by atoms with E-state index < -0.39 is 6.36 Å². The Labute approximate surface area is 176 Å². The molecule has 0 amide bonds. The molecule has 0 bridgehead atoms. The summed E-state index contributed by atoms with van der Waals surface area (Å²) in [7, 11) is 0. The lowest BCUT2D eigenvalue weighted by Crippen LogP contribution is -2.63. The second kappa shape index (κ2) is 7.36. The molecule has 0 radical (unpaired) electrons. The van der Waals surface area contributed by atoms with Gasteiger partial charge in [0.25, 0.3) is 0 Å². The quantitative estimate of drug-likeness (QED) is 0.574. The fraction of sp³-hybridized carbons (Fsp3) is 0.400. The zero-order chi connectivity index (χ0) is 21.1. The number of aliphatic hydroxyl groups is 1. The van der Waals surface area contributed by atoms with E-state index in [2.05, 4.69) is 19.7 Å². The zero-order valence-electron chi connectivity index (χ0n) is 16.6. The Morgan fingerprint density at radius 1 is 1.16 bits per heavy atom. The molecule has 1 saturated heterocycles. The van der Waals surface area contributed by atoms with Gasteiger partial charge in [0.1, 0.15) is 5.75 Å². The molecule has 1 aliphatic carbocycles.